The summed E-state index contributed by atoms with van der Waals surface area (Å²) >= 11 is 5.66. The summed E-state index contributed by atoms with van der Waals surface area (Å²) in [6, 6.07) is 166. The Morgan fingerprint density at radius 2 is 0.429 bits per heavy atom. The van der Waals surface area contributed by atoms with Crippen LogP contribution in [0.3, 0.4) is 0 Å². The molecule has 2 heterocycles. The first-order valence-corrected chi connectivity index (χ1v) is 45.4. The normalized spacial score (nSPS) is 12.2. The largest absolute Gasteiger partial charge is 0.179 e. The van der Waals surface area contributed by atoms with Crippen LogP contribution < -0.4 is 20.7 Å². The standard InChI is InChI=1S/C48H34Si.C36H22S2.C31H20S/c1-4-17-39(18-5-1)49(40-19-6-2-7-20-40,41-21-8-3-9-22-41)42-30-27-35(28-31-42)36-15-14-16-37(33-36)38-29-32-47-45-25-11-10-23-43(45)44-24-12-13-26-46(44)48(47)34-38;1-2-12-29-27(10-1)28-11-3-4-13-30(28)32-21-25(16-18-31(29)32)23-8-7-9-24(20-23)26-17-19-35-36(22-26)38-34-15-6-5-14-33(34)37-35;1-6-15-30-21(8-1)18-22-9-7-14-23(31(22)32-30)20-16-17-28-26-12-3-2-10-24(26)25-11-4-5-13-27(25)29(28)19-20/h1-34H;1-22H;1-17,19H,18H2. The highest BCUT2D eigenvalue weighted by atomic mass is 32.2. The van der Waals surface area contributed by atoms with Crippen molar-refractivity contribution in [3.63, 3.8) is 0 Å². The summed E-state index contributed by atoms with van der Waals surface area (Å²) in [6.07, 6.45) is 1.01. The summed E-state index contributed by atoms with van der Waals surface area (Å²) in [6.45, 7) is 0. The monoisotopic (exact) mass is 1580 g/mol. The van der Waals surface area contributed by atoms with Crippen molar-refractivity contribution in [1.82, 2.24) is 0 Å². The molecule has 0 unspecified atom stereocenters. The van der Waals surface area contributed by atoms with Crippen molar-refractivity contribution in [3.8, 4) is 55.6 Å². The van der Waals surface area contributed by atoms with Gasteiger partial charge in [-0.2, -0.15) is 0 Å². The van der Waals surface area contributed by atoms with Crippen LogP contribution >= 0.6 is 35.3 Å². The van der Waals surface area contributed by atoms with Gasteiger partial charge in [0.25, 0.3) is 0 Å². The Morgan fingerprint density at radius 1 is 0.151 bits per heavy atom. The van der Waals surface area contributed by atoms with Crippen molar-refractivity contribution in [1.29, 1.82) is 0 Å². The lowest BCUT2D eigenvalue weighted by molar-refractivity contribution is 1.06. The summed E-state index contributed by atoms with van der Waals surface area (Å²) in [7, 11) is -2.56. The highest BCUT2D eigenvalue weighted by Gasteiger charge is 2.41. The van der Waals surface area contributed by atoms with Gasteiger partial charge in [0.1, 0.15) is 0 Å². The lowest BCUT2D eigenvalue weighted by atomic mass is 9.91. The topological polar surface area (TPSA) is 0 Å². The third-order valence-electron chi connectivity index (χ3n) is 24.4. The molecule has 119 heavy (non-hydrogen) atoms. The molecule has 0 fully saturated rings. The Hall–Kier alpha value is -13.6. The molecular weight excluding hydrogens is 1510 g/mol. The molecule has 0 spiro atoms. The lowest BCUT2D eigenvalue weighted by Gasteiger charge is -2.34. The first-order valence-electron chi connectivity index (χ1n) is 40.9. The molecule has 0 bridgehead atoms. The summed E-state index contributed by atoms with van der Waals surface area (Å²) in [5.74, 6) is 0. The molecule has 0 N–H and O–H groups in total. The molecule has 24 rings (SSSR count). The average Bonchev–Trinajstić information content (AvgIpc) is 0.747. The number of fused-ring (bicyclic) bond motifs is 22. The van der Waals surface area contributed by atoms with Gasteiger partial charge in [-0.05, 0) is 252 Å². The molecule has 2 aliphatic rings. The predicted octanol–water partition coefficient (Wildman–Crippen LogP) is 29.8. The fourth-order valence-electron chi connectivity index (χ4n) is 18.8. The van der Waals surface area contributed by atoms with Gasteiger partial charge >= 0.3 is 0 Å². The minimum absolute atomic E-state index is 1.01. The van der Waals surface area contributed by atoms with Crippen LogP contribution in [0.1, 0.15) is 11.1 Å². The Labute approximate surface area is 706 Å². The van der Waals surface area contributed by atoms with Crippen molar-refractivity contribution in [2.75, 3.05) is 0 Å². The van der Waals surface area contributed by atoms with E-state index in [1.807, 2.05) is 35.3 Å². The molecule has 0 saturated carbocycles. The van der Waals surface area contributed by atoms with Gasteiger partial charge in [-0.25, -0.2) is 0 Å². The van der Waals surface area contributed by atoms with E-state index in [4.69, 9.17) is 0 Å². The first kappa shape index (κ1) is 71.9. The molecule has 0 nitrogen and oxygen atoms in total. The molecular formula is C115H76S3Si. The van der Waals surface area contributed by atoms with Crippen LogP contribution in [0.5, 0.6) is 0 Å². The quantitative estimate of drug-likeness (QED) is 0.0803. The van der Waals surface area contributed by atoms with Gasteiger partial charge in [0.15, 0.2) is 8.07 Å². The zero-order valence-electron chi connectivity index (χ0n) is 65.2. The Balaban J connectivity index is 0.000000110. The number of hydrogen-bond acceptors (Lipinski definition) is 3. The fourth-order valence-corrected chi connectivity index (χ4v) is 27.0. The fraction of sp³-hybridized carbons (Fsp3) is 0.00870. The van der Waals surface area contributed by atoms with Crippen LogP contribution in [0, 0.1) is 0 Å². The van der Waals surface area contributed by atoms with Gasteiger partial charge in [0.2, 0.25) is 0 Å². The summed E-state index contributed by atoms with van der Waals surface area (Å²) in [5.41, 5.74) is 15.4. The van der Waals surface area contributed by atoms with Crippen LogP contribution in [0.25, 0.3) is 153 Å². The SMILES string of the molecule is c1cc(-c2ccc3c(c2)Sc2ccccc2S3)cc(-c2ccc3c4ccccc4c4ccccc4c3c2)c1.c1ccc([Si](c2ccccc2)(c2ccccc2)c2ccc(-c3cccc(-c4ccc5c6ccccc6c6ccccc6c5c4)c3)cc2)cc1.c1ccc2c(c1)Cc1cccc(-c3ccc4c5ccccc5c5ccccc5c4c3)c1S2. The van der Waals surface area contributed by atoms with Gasteiger partial charge in [-0.15, -0.1) is 0 Å². The maximum absolute atomic E-state index is 2.56. The molecule has 22 aromatic carbocycles. The Kier molecular flexibility index (Phi) is 18.6. The molecule has 0 aromatic heterocycles. The van der Waals surface area contributed by atoms with E-state index in [1.165, 1.54) is 214 Å². The first-order chi connectivity index (χ1) is 59.0. The number of hydrogen-bond donors (Lipinski definition) is 0. The van der Waals surface area contributed by atoms with E-state index in [0.29, 0.717) is 0 Å². The van der Waals surface area contributed by atoms with Gasteiger partial charge in [-0.3, -0.25) is 0 Å². The Bertz CT molecular complexity index is 7530. The van der Waals surface area contributed by atoms with Crippen LogP contribution in [-0.4, -0.2) is 8.07 Å². The second-order valence-corrected chi connectivity index (χ2v) is 38.2. The summed E-state index contributed by atoms with van der Waals surface area (Å²) in [4.78, 5) is 8.13. The summed E-state index contributed by atoms with van der Waals surface area (Å²) < 4.78 is 0. The van der Waals surface area contributed by atoms with E-state index in [0.717, 1.165) is 6.42 Å². The summed E-state index contributed by atoms with van der Waals surface area (Å²) in [5, 5.41) is 29.2. The van der Waals surface area contributed by atoms with E-state index in [-0.39, 0.29) is 0 Å². The zero-order valence-corrected chi connectivity index (χ0v) is 68.6. The predicted molar refractivity (Wildman–Crippen MR) is 516 cm³/mol. The zero-order chi connectivity index (χ0) is 78.7. The molecule has 2 aliphatic heterocycles. The van der Waals surface area contributed by atoms with Crippen molar-refractivity contribution >= 4 is 161 Å². The Morgan fingerprint density at radius 3 is 0.857 bits per heavy atom. The van der Waals surface area contributed by atoms with Crippen LogP contribution in [0.15, 0.2) is 478 Å². The lowest BCUT2D eigenvalue weighted by Crippen LogP contribution is -2.74. The second-order valence-electron chi connectivity index (χ2n) is 31.1. The third-order valence-corrected chi connectivity index (χ3v) is 33.1. The highest BCUT2D eigenvalue weighted by molar-refractivity contribution is 8.05. The van der Waals surface area contributed by atoms with Crippen LogP contribution in [0.2, 0.25) is 0 Å². The molecule has 0 saturated heterocycles. The molecule has 0 radical (unpaired) electrons. The maximum Gasteiger partial charge on any atom is 0.179 e. The molecule has 22 aromatic rings. The van der Waals surface area contributed by atoms with Crippen LogP contribution in [0.4, 0.5) is 0 Å². The van der Waals surface area contributed by atoms with E-state index in [2.05, 4.69) is 449 Å². The van der Waals surface area contributed by atoms with Crippen molar-refractivity contribution < 1.29 is 0 Å². The van der Waals surface area contributed by atoms with Crippen molar-refractivity contribution in [2.45, 2.75) is 35.8 Å². The molecule has 0 amide bonds. The van der Waals surface area contributed by atoms with E-state index in [9.17, 15) is 0 Å². The van der Waals surface area contributed by atoms with E-state index in [1.54, 1.807) is 0 Å². The van der Waals surface area contributed by atoms with Crippen molar-refractivity contribution in [2.24, 2.45) is 0 Å². The van der Waals surface area contributed by atoms with Gasteiger partial charge < -0.3 is 0 Å². The minimum Gasteiger partial charge on any atom is -0.0888 e. The van der Waals surface area contributed by atoms with Crippen molar-refractivity contribution in [3.05, 3.63) is 460 Å². The van der Waals surface area contributed by atoms with Crippen LogP contribution in [-0.2, 0) is 6.42 Å². The average molecular weight is 1580 g/mol. The second kappa shape index (κ2) is 30.8. The smallest absolute Gasteiger partial charge is 0.0888 e. The number of rotatable bonds is 9. The third kappa shape index (κ3) is 13.0. The molecule has 0 aliphatic carbocycles. The maximum atomic E-state index is 2.40. The highest BCUT2D eigenvalue weighted by Crippen LogP contribution is 2.51. The molecule has 558 valence electrons. The molecule has 4 heteroatoms. The molecule has 0 atom stereocenters. The minimum atomic E-state index is -2.56. The van der Waals surface area contributed by atoms with E-state index >= 15 is 0 Å². The van der Waals surface area contributed by atoms with Gasteiger partial charge in [-0.1, -0.05) is 424 Å². The van der Waals surface area contributed by atoms with Gasteiger partial charge in [0, 0.05) is 29.4 Å². The van der Waals surface area contributed by atoms with E-state index < -0.39 is 8.07 Å². The number of benzene rings is 22. The van der Waals surface area contributed by atoms with Gasteiger partial charge in [0.05, 0.1) is 0 Å².